The van der Waals surface area contributed by atoms with E-state index in [2.05, 4.69) is 11.8 Å². The van der Waals surface area contributed by atoms with Gasteiger partial charge >= 0.3 is 0 Å². The van der Waals surface area contributed by atoms with Crippen LogP contribution in [-0.2, 0) is 0 Å². The third-order valence-electron chi connectivity index (χ3n) is 2.33. The summed E-state index contributed by atoms with van der Waals surface area (Å²) in [5.74, 6) is 5.81. The summed E-state index contributed by atoms with van der Waals surface area (Å²) in [6.07, 6.45) is 0. The molecule has 2 aromatic carbocycles. The minimum absolute atomic E-state index is 0.240. The molecule has 2 aromatic rings. The molecule has 19 heavy (non-hydrogen) atoms. The van der Waals surface area contributed by atoms with E-state index in [-0.39, 0.29) is 10.0 Å². The molecule has 1 nitrogen and oxygen atoms in total. The van der Waals surface area contributed by atoms with E-state index in [9.17, 15) is 0 Å². The van der Waals surface area contributed by atoms with Crippen molar-refractivity contribution in [3.63, 3.8) is 0 Å². The van der Waals surface area contributed by atoms with E-state index in [1.807, 2.05) is 12.1 Å². The molecule has 0 fully saturated rings. The summed E-state index contributed by atoms with van der Waals surface area (Å²) < 4.78 is 0. The molecule has 0 spiro atoms. The Hall–Kier alpha value is -1.04. The minimum atomic E-state index is 0.240. The lowest BCUT2D eigenvalue weighted by Gasteiger charge is -2.04. The van der Waals surface area contributed by atoms with Gasteiger partial charge in [0.15, 0.2) is 0 Å². The fourth-order valence-corrected chi connectivity index (χ4v) is 2.44. The average Bonchev–Trinajstić information content (AvgIpc) is 2.36. The van der Waals surface area contributed by atoms with Gasteiger partial charge in [0.25, 0.3) is 0 Å². The minimum Gasteiger partial charge on any atom is -0.399 e. The highest BCUT2D eigenvalue weighted by molar-refractivity contribution is 6.49. The molecule has 0 atom stereocenters. The average molecular weight is 331 g/mol. The van der Waals surface area contributed by atoms with Gasteiger partial charge in [0, 0.05) is 11.3 Å². The highest BCUT2D eigenvalue weighted by Crippen LogP contribution is 2.36. The second kappa shape index (κ2) is 5.94. The SMILES string of the molecule is Nc1cccc(C#Cc2c(Cl)cc(Cl)c(Cl)c2Cl)c1. The summed E-state index contributed by atoms with van der Waals surface area (Å²) in [7, 11) is 0. The first-order valence-electron chi connectivity index (χ1n) is 5.19. The fraction of sp³-hybridized carbons (Fsp3) is 0. The van der Waals surface area contributed by atoms with Crippen molar-refractivity contribution in [1.29, 1.82) is 0 Å². The molecule has 0 saturated heterocycles. The zero-order chi connectivity index (χ0) is 14.0. The van der Waals surface area contributed by atoms with Crippen LogP contribution in [0, 0.1) is 11.8 Å². The van der Waals surface area contributed by atoms with Crippen LogP contribution >= 0.6 is 46.4 Å². The molecule has 0 heterocycles. The van der Waals surface area contributed by atoms with E-state index in [4.69, 9.17) is 52.1 Å². The van der Waals surface area contributed by atoms with E-state index in [1.165, 1.54) is 6.07 Å². The predicted molar refractivity (Wildman–Crippen MR) is 83.3 cm³/mol. The first-order chi connectivity index (χ1) is 8.99. The molecule has 0 aromatic heterocycles. The first-order valence-corrected chi connectivity index (χ1v) is 6.71. The highest BCUT2D eigenvalue weighted by atomic mass is 35.5. The lowest BCUT2D eigenvalue weighted by Crippen LogP contribution is -1.86. The van der Waals surface area contributed by atoms with Crippen LogP contribution in [0.3, 0.4) is 0 Å². The number of nitrogens with two attached hydrogens (primary N) is 1. The van der Waals surface area contributed by atoms with Gasteiger partial charge < -0.3 is 5.73 Å². The maximum atomic E-state index is 6.07. The monoisotopic (exact) mass is 329 g/mol. The molecule has 0 bridgehead atoms. The fourth-order valence-electron chi connectivity index (χ4n) is 1.43. The lowest BCUT2D eigenvalue weighted by molar-refractivity contribution is 1.61. The Morgan fingerprint density at radius 1 is 0.842 bits per heavy atom. The van der Waals surface area contributed by atoms with Crippen LogP contribution in [0.4, 0.5) is 5.69 Å². The van der Waals surface area contributed by atoms with E-state index in [0.717, 1.165) is 5.56 Å². The van der Waals surface area contributed by atoms with Crippen LogP contribution in [-0.4, -0.2) is 0 Å². The Morgan fingerprint density at radius 2 is 1.58 bits per heavy atom. The van der Waals surface area contributed by atoms with Gasteiger partial charge in [-0.05, 0) is 24.3 Å². The van der Waals surface area contributed by atoms with Gasteiger partial charge in [-0.2, -0.15) is 0 Å². The molecule has 0 aliphatic rings. The Morgan fingerprint density at radius 3 is 2.26 bits per heavy atom. The molecule has 0 amide bonds. The summed E-state index contributed by atoms with van der Waals surface area (Å²) in [5, 5.41) is 1.14. The third kappa shape index (κ3) is 3.29. The second-order valence-corrected chi connectivity index (χ2v) is 5.29. The largest absolute Gasteiger partial charge is 0.399 e. The Balaban J connectivity index is 2.49. The molecule has 2 rings (SSSR count). The maximum Gasteiger partial charge on any atom is 0.0792 e. The van der Waals surface area contributed by atoms with E-state index < -0.39 is 0 Å². The number of hydrogen-bond acceptors (Lipinski definition) is 1. The number of nitrogen functional groups attached to an aromatic ring is 1. The van der Waals surface area contributed by atoms with Crippen molar-refractivity contribution < 1.29 is 0 Å². The quantitative estimate of drug-likeness (QED) is 0.302. The molecular weight excluding hydrogens is 324 g/mol. The molecule has 0 radical (unpaired) electrons. The maximum absolute atomic E-state index is 6.07. The molecule has 0 saturated carbocycles. The summed E-state index contributed by atoms with van der Waals surface area (Å²) in [6.45, 7) is 0. The van der Waals surface area contributed by atoms with E-state index in [1.54, 1.807) is 12.1 Å². The molecule has 0 aliphatic heterocycles. The van der Waals surface area contributed by atoms with E-state index >= 15 is 0 Å². The van der Waals surface area contributed by atoms with Gasteiger partial charge in [0.2, 0.25) is 0 Å². The van der Waals surface area contributed by atoms with Crippen molar-refractivity contribution in [2.75, 3.05) is 5.73 Å². The molecular formula is C14H7Cl4N. The second-order valence-electron chi connectivity index (χ2n) is 3.72. The Labute approximate surface area is 131 Å². The normalized spacial score (nSPS) is 9.89. The molecule has 0 unspecified atom stereocenters. The van der Waals surface area contributed by atoms with Crippen molar-refractivity contribution >= 4 is 52.1 Å². The van der Waals surface area contributed by atoms with Crippen LogP contribution in [0.1, 0.15) is 11.1 Å². The number of anilines is 1. The molecule has 5 heteroatoms. The Kier molecular flexibility index (Phi) is 4.50. The lowest BCUT2D eigenvalue weighted by atomic mass is 10.1. The van der Waals surface area contributed by atoms with Gasteiger partial charge in [0.1, 0.15) is 0 Å². The van der Waals surface area contributed by atoms with Crippen LogP contribution < -0.4 is 5.73 Å². The number of rotatable bonds is 0. The smallest absolute Gasteiger partial charge is 0.0792 e. The van der Waals surface area contributed by atoms with Gasteiger partial charge in [0.05, 0.1) is 25.7 Å². The topological polar surface area (TPSA) is 26.0 Å². The van der Waals surface area contributed by atoms with Crippen molar-refractivity contribution in [2.45, 2.75) is 0 Å². The van der Waals surface area contributed by atoms with E-state index in [0.29, 0.717) is 21.3 Å². The van der Waals surface area contributed by atoms with Gasteiger partial charge in [-0.15, -0.1) is 0 Å². The zero-order valence-corrected chi connectivity index (χ0v) is 12.5. The zero-order valence-electron chi connectivity index (χ0n) is 9.48. The molecule has 2 N–H and O–H groups in total. The summed E-state index contributed by atoms with van der Waals surface area (Å²) in [6, 6.07) is 8.71. The third-order valence-corrected chi connectivity index (χ3v) is 3.89. The van der Waals surface area contributed by atoms with Gasteiger partial charge in [-0.25, -0.2) is 0 Å². The van der Waals surface area contributed by atoms with Crippen molar-refractivity contribution in [3.05, 3.63) is 61.5 Å². The highest BCUT2D eigenvalue weighted by Gasteiger charge is 2.11. The van der Waals surface area contributed by atoms with Crippen molar-refractivity contribution in [1.82, 2.24) is 0 Å². The van der Waals surface area contributed by atoms with Crippen LogP contribution in [0.5, 0.6) is 0 Å². The Bertz CT molecular complexity index is 699. The summed E-state index contributed by atoms with van der Waals surface area (Å²) in [4.78, 5) is 0. The summed E-state index contributed by atoms with van der Waals surface area (Å²) in [5.41, 5.74) is 7.52. The number of halogens is 4. The summed E-state index contributed by atoms with van der Waals surface area (Å²) >= 11 is 23.9. The van der Waals surface area contributed by atoms with Crippen molar-refractivity contribution in [2.24, 2.45) is 0 Å². The first kappa shape index (κ1) is 14.4. The van der Waals surface area contributed by atoms with Crippen molar-refractivity contribution in [3.8, 4) is 11.8 Å². The number of hydrogen-bond donors (Lipinski definition) is 1. The van der Waals surface area contributed by atoms with Crippen LogP contribution in [0.15, 0.2) is 30.3 Å². The molecule has 0 aliphatic carbocycles. The standard InChI is InChI=1S/C14H7Cl4N/c15-11-7-12(16)14(18)13(17)10(11)5-4-8-2-1-3-9(19)6-8/h1-3,6-7H,19H2. The molecule has 96 valence electrons. The van der Waals surface area contributed by atoms with Gasteiger partial charge in [-0.3, -0.25) is 0 Å². The number of benzene rings is 2. The predicted octanol–water partition coefficient (Wildman–Crippen LogP) is 5.28. The van der Waals surface area contributed by atoms with Crippen LogP contribution in [0.25, 0.3) is 0 Å². The van der Waals surface area contributed by atoms with Gasteiger partial charge in [-0.1, -0.05) is 64.3 Å². The van der Waals surface area contributed by atoms with Crippen LogP contribution in [0.2, 0.25) is 20.1 Å².